The summed E-state index contributed by atoms with van der Waals surface area (Å²) in [5.41, 5.74) is 0. The number of carbonyl (C=O) groups is 1. The lowest BCUT2D eigenvalue weighted by molar-refractivity contribution is 0.192. The van der Waals surface area contributed by atoms with Gasteiger partial charge in [0.15, 0.2) is 0 Å². The molecule has 1 aromatic heterocycles. The largest absolute Gasteiger partial charge is 0.367 e. The van der Waals surface area contributed by atoms with Gasteiger partial charge < -0.3 is 15.5 Å². The molecule has 7 heteroatoms. The van der Waals surface area contributed by atoms with Crippen molar-refractivity contribution in [1.82, 2.24) is 15.2 Å². The maximum absolute atomic E-state index is 12.1. The maximum atomic E-state index is 12.1. The van der Waals surface area contributed by atoms with Crippen LogP contribution in [0, 0.1) is 0 Å². The van der Waals surface area contributed by atoms with Gasteiger partial charge in [-0.25, -0.2) is 9.78 Å². The quantitative estimate of drug-likeness (QED) is 0.817. The number of urea groups is 1. The second kappa shape index (κ2) is 9.06. The number of pyridine rings is 1. The molecule has 0 unspecified atom stereocenters. The number of nitrogens with one attached hydrogen (secondary N) is 2. The monoisotopic (exact) mass is 344 g/mol. The number of halogens is 2. The van der Waals surface area contributed by atoms with E-state index in [4.69, 9.17) is 23.2 Å². The van der Waals surface area contributed by atoms with Gasteiger partial charge in [0.2, 0.25) is 0 Å². The fourth-order valence-electron chi connectivity index (χ4n) is 2.46. The van der Waals surface area contributed by atoms with Gasteiger partial charge in [-0.1, -0.05) is 42.5 Å². The van der Waals surface area contributed by atoms with Gasteiger partial charge in [-0.05, 0) is 18.9 Å². The van der Waals surface area contributed by atoms with E-state index in [1.165, 1.54) is 25.5 Å². The molecule has 5 nitrogen and oxygen atoms in total. The number of anilines is 1. The minimum absolute atomic E-state index is 0.0128. The van der Waals surface area contributed by atoms with E-state index in [9.17, 15) is 4.79 Å². The summed E-state index contributed by atoms with van der Waals surface area (Å²) < 4.78 is 0. The number of amides is 2. The molecule has 1 aliphatic rings. The van der Waals surface area contributed by atoms with Crippen molar-refractivity contribution in [2.75, 3.05) is 31.5 Å². The van der Waals surface area contributed by atoms with Crippen molar-refractivity contribution in [1.29, 1.82) is 0 Å². The molecule has 0 bridgehead atoms. The Morgan fingerprint density at radius 3 is 2.50 bits per heavy atom. The van der Waals surface area contributed by atoms with Crippen LogP contribution in [0.1, 0.15) is 32.1 Å². The first-order valence-electron chi connectivity index (χ1n) is 7.74. The molecule has 1 aliphatic heterocycles. The van der Waals surface area contributed by atoms with Crippen molar-refractivity contribution in [2.45, 2.75) is 32.1 Å². The van der Waals surface area contributed by atoms with Crippen LogP contribution in [-0.2, 0) is 0 Å². The minimum atomic E-state index is 0.0128. The first-order valence-corrected chi connectivity index (χ1v) is 8.50. The smallest absolute Gasteiger partial charge is 0.317 e. The molecule has 22 heavy (non-hydrogen) atoms. The molecular weight excluding hydrogens is 323 g/mol. The van der Waals surface area contributed by atoms with Crippen molar-refractivity contribution in [3.05, 3.63) is 22.3 Å². The summed E-state index contributed by atoms with van der Waals surface area (Å²) in [6.45, 7) is 2.79. The average molecular weight is 345 g/mol. The third kappa shape index (κ3) is 5.54. The first kappa shape index (κ1) is 17.2. The normalized spacial score (nSPS) is 15.8. The summed E-state index contributed by atoms with van der Waals surface area (Å²) in [4.78, 5) is 18.1. The highest BCUT2D eigenvalue weighted by molar-refractivity contribution is 6.35. The fourth-order valence-corrected chi connectivity index (χ4v) is 2.90. The number of nitrogens with zero attached hydrogens (tertiary/aromatic N) is 2. The summed E-state index contributed by atoms with van der Waals surface area (Å²) in [7, 11) is 0. The molecule has 0 saturated carbocycles. The third-order valence-corrected chi connectivity index (χ3v) is 4.14. The number of rotatable bonds is 4. The molecule has 2 amide bonds. The Labute approximate surface area is 141 Å². The predicted molar refractivity (Wildman–Crippen MR) is 90.8 cm³/mol. The highest BCUT2D eigenvalue weighted by Crippen LogP contribution is 2.22. The van der Waals surface area contributed by atoms with Crippen LogP contribution in [0.25, 0.3) is 0 Å². The van der Waals surface area contributed by atoms with Crippen LogP contribution in [0.15, 0.2) is 12.3 Å². The van der Waals surface area contributed by atoms with Crippen molar-refractivity contribution in [2.24, 2.45) is 0 Å². The summed E-state index contributed by atoms with van der Waals surface area (Å²) in [6.07, 6.45) is 7.44. The molecule has 0 atom stereocenters. The summed E-state index contributed by atoms with van der Waals surface area (Å²) in [5, 5.41) is 6.99. The molecule has 0 aliphatic carbocycles. The topological polar surface area (TPSA) is 57.3 Å². The van der Waals surface area contributed by atoms with E-state index in [2.05, 4.69) is 15.6 Å². The van der Waals surface area contributed by atoms with Crippen molar-refractivity contribution in [3.8, 4) is 0 Å². The molecule has 0 radical (unpaired) electrons. The van der Waals surface area contributed by atoms with Gasteiger partial charge in [-0.3, -0.25) is 0 Å². The van der Waals surface area contributed by atoms with Crippen LogP contribution in [0.5, 0.6) is 0 Å². The SMILES string of the molecule is O=C(NCCNc1ncc(Cl)cc1Cl)N1CCCCCCC1. The molecule has 1 aromatic rings. The van der Waals surface area contributed by atoms with Gasteiger partial charge in [0.25, 0.3) is 0 Å². The van der Waals surface area contributed by atoms with Gasteiger partial charge in [-0.2, -0.15) is 0 Å². The standard InChI is InChI=1S/C15H22Cl2N4O/c16-12-10-13(17)14(20-11-12)18-6-7-19-15(22)21-8-4-2-1-3-5-9-21/h10-11H,1-9H2,(H,18,20)(H,19,22). The fraction of sp³-hybridized carbons (Fsp3) is 0.600. The summed E-state index contributed by atoms with van der Waals surface area (Å²) in [5.74, 6) is 0.576. The zero-order chi connectivity index (χ0) is 15.8. The lowest BCUT2D eigenvalue weighted by Crippen LogP contribution is -2.43. The summed E-state index contributed by atoms with van der Waals surface area (Å²) in [6, 6.07) is 1.65. The predicted octanol–water partition coefficient (Wildman–Crippen LogP) is 3.78. The second-order valence-corrected chi connectivity index (χ2v) is 6.24. The highest BCUT2D eigenvalue weighted by atomic mass is 35.5. The number of aromatic nitrogens is 1. The van der Waals surface area contributed by atoms with Gasteiger partial charge >= 0.3 is 6.03 Å². The molecule has 0 spiro atoms. The zero-order valence-electron chi connectivity index (χ0n) is 12.6. The Kier molecular flexibility index (Phi) is 7.06. The molecule has 2 rings (SSSR count). The molecular formula is C15H22Cl2N4O. The van der Waals surface area contributed by atoms with Crippen molar-refractivity contribution in [3.63, 3.8) is 0 Å². The maximum Gasteiger partial charge on any atom is 0.317 e. The van der Waals surface area contributed by atoms with Crippen LogP contribution in [0.3, 0.4) is 0 Å². The van der Waals surface area contributed by atoms with E-state index in [1.807, 2.05) is 4.90 Å². The third-order valence-electron chi connectivity index (χ3n) is 3.64. The second-order valence-electron chi connectivity index (χ2n) is 5.40. The highest BCUT2D eigenvalue weighted by Gasteiger charge is 2.13. The van der Waals surface area contributed by atoms with Crippen LogP contribution in [0.4, 0.5) is 10.6 Å². The first-order chi connectivity index (χ1) is 10.7. The van der Waals surface area contributed by atoms with Crippen molar-refractivity contribution < 1.29 is 4.79 Å². The molecule has 0 aromatic carbocycles. The molecule has 2 N–H and O–H groups in total. The minimum Gasteiger partial charge on any atom is -0.367 e. The van der Waals surface area contributed by atoms with Crippen LogP contribution >= 0.6 is 23.2 Å². The summed E-state index contributed by atoms with van der Waals surface area (Å²) >= 11 is 11.8. The van der Waals surface area contributed by atoms with Crippen LogP contribution in [-0.4, -0.2) is 42.1 Å². The van der Waals surface area contributed by atoms with E-state index in [-0.39, 0.29) is 6.03 Å². The average Bonchev–Trinajstić information content (AvgIpc) is 2.44. The molecule has 1 saturated heterocycles. The Bertz CT molecular complexity index is 490. The Hall–Kier alpha value is -1.20. The van der Waals surface area contributed by atoms with E-state index in [1.54, 1.807) is 6.07 Å². The Morgan fingerprint density at radius 2 is 1.82 bits per heavy atom. The van der Waals surface area contributed by atoms with Gasteiger partial charge in [-0.15, -0.1) is 0 Å². The van der Waals surface area contributed by atoms with E-state index >= 15 is 0 Å². The molecule has 2 heterocycles. The number of carbonyl (C=O) groups excluding carboxylic acids is 1. The van der Waals surface area contributed by atoms with Gasteiger partial charge in [0.1, 0.15) is 5.82 Å². The van der Waals surface area contributed by atoms with Crippen LogP contribution in [0.2, 0.25) is 10.0 Å². The van der Waals surface area contributed by atoms with Gasteiger partial charge in [0.05, 0.1) is 10.0 Å². The van der Waals surface area contributed by atoms with Crippen molar-refractivity contribution >= 4 is 35.1 Å². The lowest BCUT2D eigenvalue weighted by Gasteiger charge is -2.25. The number of hydrogen-bond acceptors (Lipinski definition) is 3. The van der Waals surface area contributed by atoms with Gasteiger partial charge in [0, 0.05) is 32.4 Å². The molecule has 122 valence electrons. The van der Waals surface area contributed by atoms with E-state index < -0.39 is 0 Å². The Balaban J connectivity index is 1.70. The Morgan fingerprint density at radius 1 is 1.14 bits per heavy atom. The van der Waals surface area contributed by atoms with E-state index in [0.29, 0.717) is 29.0 Å². The van der Waals surface area contributed by atoms with Crippen LogP contribution < -0.4 is 10.6 Å². The van der Waals surface area contributed by atoms with E-state index in [0.717, 1.165) is 25.9 Å². The lowest BCUT2D eigenvalue weighted by atomic mass is 10.1. The molecule has 1 fully saturated rings. The zero-order valence-corrected chi connectivity index (χ0v) is 14.1. The number of likely N-dealkylation sites (tertiary alicyclic amines) is 1. The number of hydrogen-bond donors (Lipinski definition) is 2.